The number of aromatic nitrogens is 2. The quantitative estimate of drug-likeness (QED) is 0.211. The van der Waals surface area contributed by atoms with Crippen molar-refractivity contribution in [3.8, 4) is 11.4 Å². The van der Waals surface area contributed by atoms with Crippen molar-refractivity contribution in [2.75, 3.05) is 6.61 Å². The molecule has 0 aliphatic heterocycles. The van der Waals surface area contributed by atoms with E-state index in [1.54, 1.807) is 22.0 Å². The van der Waals surface area contributed by atoms with Crippen molar-refractivity contribution in [1.29, 1.82) is 0 Å². The van der Waals surface area contributed by atoms with Crippen LogP contribution in [0.5, 0.6) is 5.75 Å². The van der Waals surface area contributed by atoms with Crippen LogP contribution in [-0.2, 0) is 18.6 Å². The fourth-order valence-electron chi connectivity index (χ4n) is 3.99. The molecule has 4 aromatic rings. The van der Waals surface area contributed by atoms with Gasteiger partial charge in [-0.05, 0) is 73.7 Å². The maximum absolute atomic E-state index is 13.7. The van der Waals surface area contributed by atoms with Crippen molar-refractivity contribution in [3.63, 3.8) is 0 Å². The topological polar surface area (TPSA) is 44.1 Å². The highest BCUT2D eigenvalue weighted by Gasteiger charge is 2.24. The molecule has 8 heteroatoms. The molecule has 0 spiro atoms. The second-order valence-electron chi connectivity index (χ2n) is 7.52. The zero-order valence-corrected chi connectivity index (χ0v) is 20.5. The number of nitrogens with zero attached hydrogens (tertiary/aromatic N) is 2. The lowest BCUT2D eigenvalue weighted by atomic mass is 10.2. The van der Waals surface area contributed by atoms with E-state index in [9.17, 15) is 4.79 Å². The number of hydrogen-bond donors (Lipinski definition) is 0. The first-order valence-electron chi connectivity index (χ1n) is 10.4. The molecule has 0 atom stereocenters. The summed E-state index contributed by atoms with van der Waals surface area (Å²) in [5, 5.41) is 2.63. The van der Waals surface area contributed by atoms with Crippen molar-refractivity contribution in [2.45, 2.75) is 37.1 Å². The number of thioether (sulfide) groups is 1. The standard InChI is InChI=1S/C24H20Cl2N2O2S2/c1-2-30-17-10-8-16(9-11-17)28-23(29)21-18-4-3-5-20(18)32-22(21)27-24(28)31-13-14-6-7-15(25)12-19(14)26/h6-12H,2-5,13H2,1H3. The van der Waals surface area contributed by atoms with Gasteiger partial charge in [-0.15, -0.1) is 11.3 Å². The molecule has 0 radical (unpaired) electrons. The monoisotopic (exact) mass is 502 g/mol. The summed E-state index contributed by atoms with van der Waals surface area (Å²) in [5.74, 6) is 1.35. The van der Waals surface area contributed by atoms with Gasteiger partial charge < -0.3 is 4.74 Å². The van der Waals surface area contributed by atoms with Gasteiger partial charge in [-0.25, -0.2) is 4.98 Å². The highest BCUT2D eigenvalue weighted by atomic mass is 35.5. The Morgan fingerprint density at radius 2 is 1.97 bits per heavy atom. The van der Waals surface area contributed by atoms with E-state index in [-0.39, 0.29) is 5.56 Å². The number of thiophene rings is 1. The molecule has 1 aliphatic rings. The number of hydrogen-bond acceptors (Lipinski definition) is 5. The number of aryl methyl sites for hydroxylation is 2. The molecule has 164 valence electrons. The van der Waals surface area contributed by atoms with Crippen LogP contribution in [0.25, 0.3) is 15.9 Å². The minimum atomic E-state index is -0.0109. The predicted molar refractivity (Wildman–Crippen MR) is 134 cm³/mol. The molecule has 0 unspecified atom stereocenters. The Balaban J connectivity index is 1.61. The summed E-state index contributed by atoms with van der Waals surface area (Å²) in [5.41, 5.74) is 2.89. The first-order valence-corrected chi connectivity index (χ1v) is 13.0. The molecule has 0 bridgehead atoms. The third kappa shape index (κ3) is 4.05. The van der Waals surface area contributed by atoms with Crippen LogP contribution in [0.3, 0.4) is 0 Å². The van der Waals surface area contributed by atoms with Gasteiger partial charge >= 0.3 is 0 Å². The molecular formula is C24H20Cl2N2O2S2. The van der Waals surface area contributed by atoms with Crippen LogP contribution in [-0.4, -0.2) is 16.2 Å². The Labute approximate surface area is 204 Å². The van der Waals surface area contributed by atoms with Crippen molar-refractivity contribution >= 4 is 56.5 Å². The third-order valence-electron chi connectivity index (χ3n) is 5.49. The molecule has 0 saturated heterocycles. The molecule has 32 heavy (non-hydrogen) atoms. The normalized spacial score (nSPS) is 13.0. The summed E-state index contributed by atoms with van der Waals surface area (Å²) in [6, 6.07) is 13.1. The van der Waals surface area contributed by atoms with Gasteiger partial charge in [0.05, 0.1) is 17.7 Å². The Morgan fingerprint density at radius 3 is 2.72 bits per heavy atom. The first kappa shape index (κ1) is 21.8. The van der Waals surface area contributed by atoms with Gasteiger partial charge in [-0.1, -0.05) is 41.0 Å². The molecule has 0 N–H and O–H groups in total. The minimum absolute atomic E-state index is 0.0109. The van der Waals surface area contributed by atoms with Crippen molar-refractivity contribution in [3.05, 3.63) is 78.9 Å². The highest BCUT2D eigenvalue weighted by Crippen LogP contribution is 2.37. The van der Waals surface area contributed by atoms with E-state index >= 15 is 0 Å². The Bertz CT molecular complexity index is 1360. The summed E-state index contributed by atoms with van der Waals surface area (Å²) in [6.07, 6.45) is 3.08. The van der Waals surface area contributed by atoms with E-state index in [2.05, 4.69) is 0 Å². The van der Waals surface area contributed by atoms with E-state index in [1.165, 1.54) is 22.2 Å². The van der Waals surface area contributed by atoms with Crippen LogP contribution in [0.1, 0.15) is 29.3 Å². The molecule has 0 amide bonds. The lowest BCUT2D eigenvalue weighted by Gasteiger charge is -2.13. The predicted octanol–water partition coefficient (Wildman–Crippen LogP) is 6.93. The molecule has 4 nitrogen and oxygen atoms in total. The number of fused-ring (bicyclic) bond motifs is 3. The SMILES string of the molecule is CCOc1ccc(-n2c(SCc3ccc(Cl)cc3Cl)nc3sc4c(c3c2=O)CCC4)cc1. The van der Waals surface area contributed by atoms with Crippen LogP contribution >= 0.6 is 46.3 Å². The van der Waals surface area contributed by atoms with Gasteiger partial charge in [0.15, 0.2) is 5.16 Å². The number of rotatable bonds is 6. The van der Waals surface area contributed by atoms with Gasteiger partial charge in [0, 0.05) is 20.7 Å². The average Bonchev–Trinajstić information content (AvgIpc) is 3.35. The minimum Gasteiger partial charge on any atom is -0.494 e. The number of benzene rings is 2. The van der Waals surface area contributed by atoms with Crippen LogP contribution in [0.2, 0.25) is 10.0 Å². The molecule has 2 heterocycles. The molecule has 0 fully saturated rings. The van der Waals surface area contributed by atoms with Gasteiger partial charge in [-0.2, -0.15) is 0 Å². The van der Waals surface area contributed by atoms with Crippen LogP contribution in [0.15, 0.2) is 52.4 Å². The zero-order valence-electron chi connectivity index (χ0n) is 17.4. The summed E-state index contributed by atoms with van der Waals surface area (Å²) < 4.78 is 7.29. The number of ether oxygens (including phenoxy) is 1. The fourth-order valence-corrected chi connectivity index (χ4v) is 6.86. The maximum Gasteiger partial charge on any atom is 0.267 e. The van der Waals surface area contributed by atoms with E-state index in [1.807, 2.05) is 43.3 Å². The maximum atomic E-state index is 13.7. The second-order valence-corrected chi connectivity index (χ2v) is 10.4. The smallest absolute Gasteiger partial charge is 0.267 e. The Hall–Kier alpha value is -1.99. The van der Waals surface area contributed by atoms with E-state index in [4.69, 9.17) is 32.9 Å². The average molecular weight is 503 g/mol. The lowest BCUT2D eigenvalue weighted by molar-refractivity contribution is 0.340. The largest absolute Gasteiger partial charge is 0.494 e. The third-order valence-corrected chi connectivity index (χ3v) is 8.25. The van der Waals surface area contributed by atoms with E-state index < -0.39 is 0 Å². The van der Waals surface area contributed by atoms with Crippen LogP contribution in [0.4, 0.5) is 0 Å². The molecule has 2 aromatic carbocycles. The van der Waals surface area contributed by atoms with Gasteiger partial charge in [0.1, 0.15) is 10.6 Å². The highest BCUT2D eigenvalue weighted by molar-refractivity contribution is 7.98. The Morgan fingerprint density at radius 1 is 1.16 bits per heavy atom. The van der Waals surface area contributed by atoms with E-state index in [0.717, 1.165) is 46.5 Å². The molecule has 1 aliphatic carbocycles. The fraction of sp³-hybridized carbons (Fsp3) is 0.250. The van der Waals surface area contributed by atoms with Crippen LogP contribution in [0, 0.1) is 0 Å². The van der Waals surface area contributed by atoms with Gasteiger partial charge in [0.2, 0.25) is 0 Å². The first-order chi connectivity index (χ1) is 15.5. The molecule has 5 rings (SSSR count). The molecule has 0 saturated carbocycles. The van der Waals surface area contributed by atoms with Crippen molar-refractivity contribution in [1.82, 2.24) is 9.55 Å². The van der Waals surface area contributed by atoms with Crippen LogP contribution < -0.4 is 10.3 Å². The zero-order chi connectivity index (χ0) is 22.2. The molecular weight excluding hydrogens is 483 g/mol. The van der Waals surface area contributed by atoms with Crippen molar-refractivity contribution in [2.24, 2.45) is 0 Å². The summed E-state index contributed by atoms with van der Waals surface area (Å²) in [6.45, 7) is 2.54. The summed E-state index contributed by atoms with van der Waals surface area (Å²) in [7, 11) is 0. The second kappa shape index (κ2) is 9.10. The molecule has 2 aromatic heterocycles. The summed E-state index contributed by atoms with van der Waals surface area (Å²) in [4.78, 5) is 20.8. The lowest BCUT2D eigenvalue weighted by Crippen LogP contribution is -2.21. The number of halogens is 2. The van der Waals surface area contributed by atoms with Gasteiger partial charge in [0.25, 0.3) is 5.56 Å². The van der Waals surface area contributed by atoms with Gasteiger partial charge in [-0.3, -0.25) is 9.36 Å². The summed E-state index contributed by atoms with van der Waals surface area (Å²) >= 11 is 15.6. The Kier molecular flexibility index (Phi) is 6.21. The van der Waals surface area contributed by atoms with Crippen molar-refractivity contribution < 1.29 is 4.74 Å². The van der Waals surface area contributed by atoms with E-state index in [0.29, 0.717) is 27.6 Å².